The van der Waals surface area contributed by atoms with Gasteiger partial charge in [0.2, 0.25) is 0 Å². The molecule has 0 bridgehead atoms. The largest absolute Gasteiger partial charge is 0.507 e. The topological polar surface area (TPSA) is 43.8 Å². The van der Waals surface area contributed by atoms with Gasteiger partial charge in [0.1, 0.15) is 5.75 Å². The first-order valence-corrected chi connectivity index (χ1v) is 5.85. The molecule has 1 N–H and O–H groups in total. The van der Waals surface area contributed by atoms with Crippen LogP contribution in [0.25, 0.3) is 0 Å². The van der Waals surface area contributed by atoms with E-state index in [2.05, 4.69) is 4.90 Å². The minimum atomic E-state index is -0.0735. The number of aromatic hydroxyl groups is 1. The summed E-state index contributed by atoms with van der Waals surface area (Å²) in [5.41, 5.74) is 1.36. The van der Waals surface area contributed by atoms with Crippen LogP contribution >= 0.6 is 0 Å². The Morgan fingerprint density at radius 2 is 1.88 bits per heavy atom. The molecule has 4 nitrogen and oxygen atoms in total. The summed E-state index contributed by atoms with van der Waals surface area (Å²) in [5, 5.41) is 9.79. The average Bonchev–Trinajstić information content (AvgIpc) is 2.29. The number of carbonyl (C=O) groups is 1. The molecular formula is C13H18N2O2. The van der Waals surface area contributed by atoms with Crippen molar-refractivity contribution in [2.75, 3.05) is 33.2 Å². The summed E-state index contributed by atoms with van der Waals surface area (Å²) in [4.78, 5) is 16.2. The van der Waals surface area contributed by atoms with Gasteiger partial charge in [-0.1, -0.05) is 6.07 Å². The molecule has 1 heterocycles. The summed E-state index contributed by atoms with van der Waals surface area (Å²) in [6.45, 7) is 5.12. The van der Waals surface area contributed by atoms with E-state index in [1.807, 2.05) is 20.0 Å². The van der Waals surface area contributed by atoms with E-state index in [4.69, 9.17) is 0 Å². The van der Waals surface area contributed by atoms with Crippen LogP contribution < -0.4 is 0 Å². The van der Waals surface area contributed by atoms with Crippen molar-refractivity contribution in [2.45, 2.75) is 6.92 Å². The standard InChI is InChI=1S/C13H18N2O2/c1-10-3-4-11(12(16)9-10)13(17)15-7-5-14(2)6-8-15/h3-4,9,16H,5-8H2,1-2H3. The van der Waals surface area contributed by atoms with Gasteiger partial charge >= 0.3 is 0 Å². The van der Waals surface area contributed by atoms with Gasteiger partial charge in [-0.05, 0) is 31.7 Å². The molecule has 1 saturated heterocycles. The molecule has 0 atom stereocenters. The number of benzene rings is 1. The van der Waals surface area contributed by atoms with Gasteiger partial charge in [-0.25, -0.2) is 0 Å². The third-order valence-electron chi connectivity index (χ3n) is 3.17. The summed E-state index contributed by atoms with van der Waals surface area (Å²) in [7, 11) is 2.05. The summed E-state index contributed by atoms with van der Waals surface area (Å²) in [6, 6.07) is 5.18. The van der Waals surface area contributed by atoms with Crippen LogP contribution in [-0.4, -0.2) is 54.0 Å². The van der Waals surface area contributed by atoms with E-state index in [9.17, 15) is 9.90 Å². The van der Waals surface area contributed by atoms with Crippen LogP contribution in [0.3, 0.4) is 0 Å². The first-order chi connectivity index (χ1) is 8.08. The summed E-state index contributed by atoms with van der Waals surface area (Å²) in [5.74, 6) is 0.00419. The van der Waals surface area contributed by atoms with E-state index in [1.165, 1.54) is 0 Å². The van der Waals surface area contributed by atoms with Crippen LogP contribution in [0.5, 0.6) is 5.75 Å². The Labute approximate surface area is 101 Å². The van der Waals surface area contributed by atoms with E-state index in [1.54, 1.807) is 17.0 Å². The number of likely N-dealkylation sites (N-methyl/N-ethyl adjacent to an activating group) is 1. The number of phenolic OH excluding ortho intramolecular Hbond substituents is 1. The SMILES string of the molecule is Cc1ccc(C(=O)N2CCN(C)CC2)c(O)c1. The van der Waals surface area contributed by atoms with Crippen molar-refractivity contribution in [1.29, 1.82) is 0 Å². The molecular weight excluding hydrogens is 216 g/mol. The normalized spacial score (nSPS) is 17.2. The fourth-order valence-corrected chi connectivity index (χ4v) is 2.00. The smallest absolute Gasteiger partial charge is 0.257 e. The summed E-state index contributed by atoms with van der Waals surface area (Å²) < 4.78 is 0. The molecule has 0 unspecified atom stereocenters. The number of amides is 1. The lowest BCUT2D eigenvalue weighted by molar-refractivity contribution is 0.0661. The number of carbonyl (C=O) groups excluding carboxylic acids is 1. The molecule has 1 fully saturated rings. The zero-order valence-electron chi connectivity index (χ0n) is 10.3. The Morgan fingerprint density at radius 3 is 2.47 bits per heavy atom. The fraction of sp³-hybridized carbons (Fsp3) is 0.462. The maximum absolute atomic E-state index is 12.2. The highest BCUT2D eigenvalue weighted by Crippen LogP contribution is 2.20. The molecule has 1 aliphatic heterocycles. The quantitative estimate of drug-likeness (QED) is 0.791. The van der Waals surface area contributed by atoms with Crippen LogP contribution in [0.1, 0.15) is 15.9 Å². The number of aryl methyl sites for hydroxylation is 1. The predicted octanol–water partition coefficient (Wildman–Crippen LogP) is 1.09. The van der Waals surface area contributed by atoms with Crippen LogP contribution in [-0.2, 0) is 0 Å². The highest BCUT2D eigenvalue weighted by Gasteiger charge is 2.22. The highest BCUT2D eigenvalue weighted by molar-refractivity contribution is 5.97. The lowest BCUT2D eigenvalue weighted by Crippen LogP contribution is -2.47. The van der Waals surface area contributed by atoms with E-state index in [0.717, 1.165) is 31.7 Å². The first-order valence-electron chi connectivity index (χ1n) is 5.85. The van der Waals surface area contributed by atoms with Gasteiger partial charge in [0.05, 0.1) is 5.56 Å². The first kappa shape index (κ1) is 11.9. The van der Waals surface area contributed by atoms with E-state index < -0.39 is 0 Å². The van der Waals surface area contributed by atoms with Gasteiger partial charge in [0, 0.05) is 26.2 Å². The second kappa shape index (κ2) is 4.75. The maximum Gasteiger partial charge on any atom is 0.257 e. The van der Waals surface area contributed by atoms with Crippen LogP contribution in [0.4, 0.5) is 0 Å². The lowest BCUT2D eigenvalue weighted by atomic mass is 10.1. The molecule has 4 heteroatoms. The number of piperazine rings is 1. The lowest BCUT2D eigenvalue weighted by Gasteiger charge is -2.32. The monoisotopic (exact) mass is 234 g/mol. The molecule has 0 saturated carbocycles. The molecule has 0 spiro atoms. The average molecular weight is 234 g/mol. The van der Waals surface area contributed by atoms with E-state index in [0.29, 0.717) is 5.56 Å². The molecule has 0 radical (unpaired) electrons. The number of phenols is 1. The molecule has 1 aromatic rings. The number of hydrogen-bond acceptors (Lipinski definition) is 3. The second-order valence-electron chi connectivity index (χ2n) is 4.62. The Hall–Kier alpha value is -1.55. The Balaban J connectivity index is 2.14. The minimum absolute atomic E-state index is 0.0735. The molecule has 1 aromatic carbocycles. The van der Waals surface area contributed by atoms with Crippen molar-refractivity contribution in [1.82, 2.24) is 9.80 Å². The van der Waals surface area contributed by atoms with E-state index in [-0.39, 0.29) is 11.7 Å². The Morgan fingerprint density at radius 1 is 1.24 bits per heavy atom. The number of rotatable bonds is 1. The van der Waals surface area contributed by atoms with Gasteiger partial charge in [-0.15, -0.1) is 0 Å². The highest BCUT2D eigenvalue weighted by atomic mass is 16.3. The van der Waals surface area contributed by atoms with Crippen molar-refractivity contribution in [3.8, 4) is 5.75 Å². The molecule has 1 aliphatic rings. The predicted molar refractivity (Wildman–Crippen MR) is 66.2 cm³/mol. The molecule has 0 aromatic heterocycles. The molecule has 0 aliphatic carbocycles. The van der Waals surface area contributed by atoms with Crippen molar-refractivity contribution in [2.24, 2.45) is 0 Å². The zero-order chi connectivity index (χ0) is 12.4. The Kier molecular flexibility index (Phi) is 3.33. The molecule has 92 valence electrons. The third kappa shape index (κ3) is 2.58. The maximum atomic E-state index is 12.2. The van der Waals surface area contributed by atoms with Gasteiger partial charge in [0.25, 0.3) is 5.91 Å². The van der Waals surface area contributed by atoms with Crippen LogP contribution in [0, 0.1) is 6.92 Å². The summed E-state index contributed by atoms with van der Waals surface area (Å²) in [6.07, 6.45) is 0. The third-order valence-corrected chi connectivity index (χ3v) is 3.17. The van der Waals surface area contributed by atoms with Crippen LogP contribution in [0.15, 0.2) is 18.2 Å². The van der Waals surface area contributed by atoms with Crippen molar-refractivity contribution < 1.29 is 9.90 Å². The molecule has 2 rings (SSSR count). The van der Waals surface area contributed by atoms with E-state index >= 15 is 0 Å². The molecule has 17 heavy (non-hydrogen) atoms. The summed E-state index contributed by atoms with van der Waals surface area (Å²) >= 11 is 0. The van der Waals surface area contributed by atoms with Crippen molar-refractivity contribution in [3.05, 3.63) is 29.3 Å². The van der Waals surface area contributed by atoms with Gasteiger partial charge in [-0.2, -0.15) is 0 Å². The number of nitrogens with zero attached hydrogens (tertiary/aromatic N) is 2. The van der Waals surface area contributed by atoms with Gasteiger partial charge in [-0.3, -0.25) is 4.79 Å². The van der Waals surface area contributed by atoms with Gasteiger partial charge < -0.3 is 14.9 Å². The second-order valence-corrected chi connectivity index (χ2v) is 4.62. The van der Waals surface area contributed by atoms with Gasteiger partial charge in [0.15, 0.2) is 0 Å². The molecule has 1 amide bonds. The number of hydrogen-bond donors (Lipinski definition) is 1. The zero-order valence-corrected chi connectivity index (χ0v) is 10.3. The van der Waals surface area contributed by atoms with Crippen LogP contribution in [0.2, 0.25) is 0 Å². The Bertz CT molecular complexity index is 423. The fourth-order valence-electron chi connectivity index (χ4n) is 2.00. The van der Waals surface area contributed by atoms with Crippen molar-refractivity contribution in [3.63, 3.8) is 0 Å². The van der Waals surface area contributed by atoms with Crippen molar-refractivity contribution >= 4 is 5.91 Å². The minimum Gasteiger partial charge on any atom is -0.507 e.